The maximum Gasteiger partial charge on any atom is 0.401 e. The lowest BCUT2D eigenvalue weighted by Gasteiger charge is -2.35. The zero-order chi connectivity index (χ0) is 16.9. The van der Waals surface area contributed by atoms with Gasteiger partial charge >= 0.3 is 12.2 Å². The molecule has 0 aliphatic carbocycles. The predicted octanol–water partition coefficient (Wildman–Crippen LogP) is 2.13. The molecule has 2 amide bonds. The highest BCUT2D eigenvalue weighted by Gasteiger charge is 2.33. The molecule has 0 aromatic carbocycles. The second-order valence-electron chi connectivity index (χ2n) is 6.89. The van der Waals surface area contributed by atoms with Crippen molar-refractivity contribution in [2.75, 3.05) is 39.4 Å². The first-order chi connectivity index (χ1) is 10.8. The van der Waals surface area contributed by atoms with Gasteiger partial charge in [-0.05, 0) is 51.6 Å². The molecule has 0 saturated carbocycles. The Hall–Kier alpha value is -1.02. The Morgan fingerprint density at radius 2 is 2.04 bits per heavy atom. The van der Waals surface area contributed by atoms with E-state index >= 15 is 0 Å². The van der Waals surface area contributed by atoms with E-state index < -0.39 is 12.7 Å². The number of carbonyl (C=O) groups is 1. The number of carbonyl (C=O) groups excluding carboxylic acids is 1. The predicted molar refractivity (Wildman–Crippen MR) is 80.2 cm³/mol. The molecule has 2 heterocycles. The van der Waals surface area contributed by atoms with Gasteiger partial charge in [-0.2, -0.15) is 13.2 Å². The molecule has 1 unspecified atom stereocenters. The van der Waals surface area contributed by atoms with Crippen LogP contribution in [-0.2, 0) is 4.74 Å². The molecule has 2 N–H and O–H groups in total. The van der Waals surface area contributed by atoms with Crippen LogP contribution in [0.3, 0.4) is 0 Å². The van der Waals surface area contributed by atoms with Gasteiger partial charge < -0.3 is 15.4 Å². The Labute approximate surface area is 134 Å². The average Bonchev–Trinajstić information content (AvgIpc) is 2.45. The van der Waals surface area contributed by atoms with Crippen molar-refractivity contribution in [2.24, 2.45) is 5.92 Å². The summed E-state index contributed by atoms with van der Waals surface area (Å²) >= 11 is 0. The van der Waals surface area contributed by atoms with Crippen molar-refractivity contribution in [3.05, 3.63) is 0 Å². The maximum absolute atomic E-state index is 12.3. The number of likely N-dealkylation sites (tertiary alicyclic amines) is 1. The van der Waals surface area contributed by atoms with Crippen molar-refractivity contribution in [3.8, 4) is 0 Å². The Morgan fingerprint density at radius 3 is 2.61 bits per heavy atom. The van der Waals surface area contributed by atoms with Gasteiger partial charge in [0.15, 0.2) is 0 Å². The minimum Gasteiger partial charge on any atom is -0.379 e. The molecule has 8 heteroatoms. The van der Waals surface area contributed by atoms with E-state index in [4.69, 9.17) is 4.74 Å². The molecule has 2 saturated heterocycles. The number of hydrogen-bond donors (Lipinski definition) is 2. The monoisotopic (exact) mass is 337 g/mol. The number of piperidine rings is 1. The van der Waals surface area contributed by atoms with Gasteiger partial charge in [0.05, 0.1) is 18.7 Å². The van der Waals surface area contributed by atoms with E-state index in [2.05, 4.69) is 10.6 Å². The van der Waals surface area contributed by atoms with Crippen molar-refractivity contribution >= 4 is 6.03 Å². The number of nitrogens with one attached hydrogen (secondary N) is 2. The first-order valence-electron chi connectivity index (χ1n) is 8.19. The third kappa shape index (κ3) is 6.55. The summed E-state index contributed by atoms with van der Waals surface area (Å²) in [5.41, 5.74) is -0.335. The number of urea groups is 1. The molecule has 2 aliphatic heterocycles. The van der Waals surface area contributed by atoms with Gasteiger partial charge in [-0.3, -0.25) is 4.90 Å². The van der Waals surface area contributed by atoms with Gasteiger partial charge in [-0.25, -0.2) is 4.79 Å². The Kier molecular flexibility index (Phi) is 6.13. The summed E-state index contributed by atoms with van der Waals surface area (Å²) in [6.45, 7) is 3.72. The number of alkyl halides is 3. The van der Waals surface area contributed by atoms with Crippen LogP contribution in [0.4, 0.5) is 18.0 Å². The molecule has 2 fully saturated rings. The lowest BCUT2D eigenvalue weighted by Crippen LogP contribution is -2.55. The first kappa shape index (κ1) is 18.3. The number of hydrogen-bond acceptors (Lipinski definition) is 3. The largest absolute Gasteiger partial charge is 0.401 e. The minimum absolute atomic E-state index is 0.226. The quantitative estimate of drug-likeness (QED) is 0.826. The van der Waals surface area contributed by atoms with Crippen molar-refractivity contribution in [2.45, 2.75) is 44.3 Å². The van der Waals surface area contributed by atoms with Crippen LogP contribution in [-0.4, -0.2) is 62.0 Å². The van der Waals surface area contributed by atoms with Gasteiger partial charge in [-0.1, -0.05) is 0 Å². The zero-order valence-corrected chi connectivity index (χ0v) is 13.5. The van der Waals surface area contributed by atoms with E-state index in [-0.39, 0.29) is 17.5 Å². The Morgan fingerprint density at radius 1 is 1.35 bits per heavy atom. The van der Waals surface area contributed by atoms with Gasteiger partial charge in [0.2, 0.25) is 0 Å². The molecule has 1 atom stereocenters. The topological polar surface area (TPSA) is 53.6 Å². The van der Waals surface area contributed by atoms with Crippen molar-refractivity contribution < 1.29 is 22.7 Å². The standard InChI is InChI=1S/C15H26F3N3O2/c1-14(5-2-8-23-11-14)20-13(22)19-9-12-3-6-21(7-4-12)10-15(16,17)18/h12H,2-11H2,1H3,(H2,19,20,22). The van der Waals surface area contributed by atoms with E-state index in [1.54, 1.807) is 0 Å². The average molecular weight is 337 g/mol. The van der Waals surface area contributed by atoms with Crippen LogP contribution in [0.5, 0.6) is 0 Å². The van der Waals surface area contributed by atoms with E-state index in [9.17, 15) is 18.0 Å². The normalized spacial score (nSPS) is 27.7. The fraction of sp³-hybridized carbons (Fsp3) is 0.933. The molecule has 0 spiro atoms. The highest BCUT2D eigenvalue weighted by Crippen LogP contribution is 2.22. The summed E-state index contributed by atoms with van der Waals surface area (Å²) in [4.78, 5) is 13.4. The minimum atomic E-state index is -4.14. The Balaban J connectivity index is 1.64. The molecule has 0 aromatic rings. The molecular weight excluding hydrogens is 311 g/mol. The molecule has 134 valence electrons. The number of rotatable bonds is 4. The van der Waals surface area contributed by atoms with Crippen LogP contribution >= 0.6 is 0 Å². The second-order valence-corrected chi connectivity index (χ2v) is 6.89. The smallest absolute Gasteiger partial charge is 0.379 e. The summed E-state index contributed by atoms with van der Waals surface area (Å²) in [5.74, 6) is 0.237. The molecule has 0 radical (unpaired) electrons. The van der Waals surface area contributed by atoms with Crippen molar-refractivity contribution in [3.63, 3.8) is 0 Å². The highest BCUT2D eigenvalue weighted by molar-refractivity contribution is 5.74. The second kappa shape index (κ2) is 7.70. The van der Waals surface area contributed by atoms with E-state index in [1.807, 2.05) is 6.92 Å². The molecular formula is C15H26F3N3O2. The van der Waals surface area contributed by atoms with Crippen LogP contribution in [0.15, 0.2) is 0 Å². The molecule has 0 bridgehead atoms. The number of amides is 2. The summed E-state index contributed by atoms with van der Waals surface area (Å²) in [7, 11) is 0. The van der Waals surface area contributed by atoms with E-state index in [0.29, 0.717) is 39.1 Å². The summed E-state index contributed by atoms with van der Waals surface area (Å²) in [5, 5.41) is 5.78. The summed E-state index contributed by atoms with van der Waals surface area (Å²) in [6, 6.07) is -0.226. The fourth-order valence-corrected chi connectivity index (χ4v) is 3.19. The number of nitrogens with zero attached hydrogens (tertiary/aromatic N) is 1. The lowest BCUT2D eigenvalue weighted by atomic mass is 9.95. The van der Waals surface area contributed by atoms with Crippen molar-refractivity contribution in [1.82, 2.24) is 15.5 Å². The Bertz CT molecular complexity index is 390. The third-order valence-corrected chi connectivity index (χ3v) is 4.51. The van der Waals surface area contributed by atoms with Crippen LogP contribution in [0.1, 0.15) is 32.6 Å². The fourth-order valence-electron chi connectivity index (χ4n) is 3.19. The van der Waals surface area contributed by atoms with E-state index in [1.165, 1.54) is 4.90 Å². The molecule has 23 heavy (non-hydrogen) atoms. The lowest BCUT2D eigenvalue weighted by molar-refractivity contribution is -0.148. The van der Waals surface area contributed by atoms with Gasteiger partial charge in [0.25, 0.3) is 0 Å². The molecule has 5 nitrogen and oxygen atoms in total. The number of halogens is 3. The number of ether oxygens (including phenoxy) is 1. The molecule has 2 rings (SSSR count). The van der Waals surface area contributed by atoms with Crippen LogP contribution in [0.25, 0.3) is 0 Å². The third-order valence-electron chi connectivity index (χ3n) is 4.51. The van der Waals surface area contributed by atoms with Gasteiger partial charge in [0.1, 0.15) is 0 Å². The first-order valence-corrected chi connectivity index (χ1v) is 8.19. The van der Waals surface area contributed by atoms with Gasteiger partial charge in [0, 0.05) is 13.2 Å². The van der Waals surface area contributed by atoms with Crippen LogP contribution < -0.4 is 10.6 Å². The zero-order valence-electron chi connectivity index (χ0n) is 13.5. The molecule has 2 aliphatic rings. The van der Waals surface area contributed by atoms with Gasteiger partial charge in [-0.15, -0.1) is 0 Å². The van der Waals surface area contributed by atoms with Crippen LogP contribution in [0, 0.1) is 5.92 Å². The van der Waals surface area contributed by atoms with Crippen LogP contribution in [0.2, 0.25) is 0 Å². The maximum atomic E-state index is 12.3. The van der Waals surface area contributed by atoms with Crippen molar-refractivity contribution in [1.29, 1.82) is 0 Å². The molecule has 0 aromatic heterocycles. The van der Waals surface area contributed by atoms with E-state index in [0.717, 1.165) is 19.4 Å². The summed E-state index contributed by atoms with van der Waals surface area (Å²) in [6.07, 6.45) is -0.972. The highest BCUT2D eigenvalue weighted by atomic mass is 19.4. The summed E-state index contributed by atoms with van der Waals surface area (Å²) < 4.78 is 42.4. The SMILES string of the molecule is CC1(NC(=O)NCC2CCN(CC(F)(F)F)CC2)CCCOC1.